The summed E-state index contributed by atoms with van der Waals surface area (Å²) in [6.07, 6.45) is 0.928. The number of anilines is 1. The number of rotatable bonds is 2. The van der Waals surface area contributed by atoms with Crippen molar-refractivity contribution in [2.24, 2.45) is 0 Å². The number of hydrogen-bond donors (Lipinski definition) is 1. The predicted octanol–water partition coefficient (Wildman–Crippen LogP) is 1.31. The van der Waals surface area contributed by atoms with Crippen molar-refractivity contribution in [3.05, 3.63) is 23.8 Å². The van der Waals surface area contributed by atoms with E-state index in [1.807, 2.05) is 6.07 Å². The number of nitrogens with zero attached hydrogens (tertiary/aromatic N) is 1. The molecule has 4 heteroatoms. The van der Waals surface area contributed by atoms with Crippen LogP contribution in [0.3, 0.4) is 0 Å². The van der Waals surface area contributed by atoms with Crippen molar-refractivity contribution in [3.63, 3.8) is 0 Å². The summed E-state index contributed by atoms with van der Waals surface area (Å²) in [5, 5.41) is 8.79. The van der Waals surface area contributed by atoms with E-state index < -0.39 is 0 Å². The second-order valence-electron chi connectivity index (χ2n) is 3.43. The Morgan fingerprint density at radius 1 is 1.53 bits per heavy atom. The van der Waals surface area contributed by atoms with E-state index in [2.05, 4.69) is 0 Å². The second-order valence-corrected chi connectivity index (χ2v) is 3.43. The molecule has 0 radical (unpaired) electrons. The molecular weight excluding hydrogens is 192 g/mol. The Hall–Kier alpha value is -1.73. The standard InChI is InChI=1S/C11H12N2O2/c12-6-8-2-1-3-10(11(8)13)15-9-4-5-14-7-9/h1-3,9H,4-5,7,13H2. The van der Waals surface area contributed by atoms with Gasteiger partial charge >= 0.3 is 0 Å². The molecule has 1 aliphatic rings. The first-order valence-corrected chi connectivity index (χ1v) is 4.84. The third-order valence-corrected chi connectivity index (χ3v) is 2.37. The summed E-state index contributed by atoms with van der Waals surface area (Å²) in [6.45, 7) is 1.32. The van der Waals surface area contributed by atoms with Crippen LogP contribution >= 0.6 is 0 Å². The van der Waals surface area contributed by atoms with E-state index in [0.717, 1.165) is 13.0 Å². The van der Waals surface area contributed by atoms with Gasteiger partial charge in [-0.1, -0.05) is 6.07 Å². The SMILES string of the molecule is N#Cc1cccc(OC2CCOC2)c1N. The highest BCUT2D eigenvalue weighted by molar-refractivity contribution is 5.63. The van der Waals surface area contributed by atoms with Gasteiger partial charge in [-0.25, -0.2) is 0 Å². The van der Waals surface area contributed by atoms with Gasteiger partial charge < -0.3 is 15.2 Å². The van der Waals surface area contributed by atoms with Gasteiger partial charge in [0.25, 0.3) is 0 Å². The normalized spacial score (nSPS) is 19.8. The first-order chi connectivity index (χ1) is 7.31. The Balaban J connectivity index is 2.17. The molecule has 2 rings (SSSR count). The van der Waals surface area contributed by atoms with Crippen molar-refractivity contribution in [2.75, 3.05) is 18.9 Å². The minimum atomic E-state index is 0.0567. The van der Waals surface area contributed by atoms with Crippen LogP contribution in [0.4, 0.5) is 5.69 Å². The maximum absolute atomic E-state index is 8.79. The Kier molecular flexibility index (Phi) is 2.75. The van der Waals surface area contributed by atoms with Crippen molar-refractivity contribution in [1.29, 1.82) is 5.26 Å². The average Bonchev–Trinajstić information content (AvgIpc) is 2.74. The number of ether oxygens (including phenoxy) is 2. The Morgan fingerprint density at radius 3 is 3.07 bits per heavy atom. The molecule has 2 N–H and O–H groups in total. The number of nitriles is 1. The molecule has 15 heavy (non-hydrogen) atoms. The minimum Gasteiger partial charge on any atom is -0.486 e. The topological polar surface area (TPSA) is 68.3 Å². The summed E-state index contributed by atoms with van der Waals surface area (Å²) >= 11 is 0. The van der Waals surface area contributed by atoms with Gasteiger partial charge in [-0.15, -0.1) is 0 Å². The van der Waals surface area contributed by atoms with E-state index in [4.69, 9.17) is 20.5 Å². The number of benzene rings is 1. The largest absolute Gasteiger partial charge is 0.486 e. The van der Waals surface area contributed by atoms with E-state index in [0.29, 0.717) is 23.6 Å². The number of hydrogen-bond acceptors (Lipinski definition) is 4. The zero-order valence-corrected chi connectivity index (χ0v) is 8.27. The second kappa shape index (κ2) is 4.20. The molecule has 1 aromatic rings. The lowest BCUT2D eigenvalue weighted by Crippen LogP contribution is -2.16. The number of nitrogen functional groups attached to an aromatic ring is 1. The van der Waals surface area contributed by atoms with E-state index in [1.165, 1.54) is 0 Å². The molecule has 1 aromatic carbocycles. The highest BCUT2D eigenvalue weighted by Gasteiger charge is 2.18. The van der Waals surface area contributed by atoms with Crippen LogP contribution in [0.25, 0.3) is 0 Å². The monoisotopic (exact) mass is 204 g/mol. The molecule has 1 saturated heterocycles. The van der Waals surface area contributed by atoms with Crippen molar-refractivity contribution < 1.29 is 9.47 Å². The van der Waals surface area contributed by atoms with Crippen LogP contribution in [0.1, 0.15) is 12.0 Å². The molecule has 0 amide bonds. The molecule has 0 aromatic heterocycles. The average molecular weight is 204 g/mol. The molecular formula is C11H12N2O2. The van der Waals surface area contributed by atoms with Crippen molar-refractivity contribution in [2.45, 2.75) is 12.5 Å². The van der Waals surface area contributed by atoms with Gasteiger partial charge in [-0.2, -0.15) is 5.26 Å². The van der Waals surface area contributed by atoms with Gasteiger partial charge in [0.15, 0.2) is 0 Å². The van der Waals surface area contributed by atoms with E-state index in [1.54, 1.807) is 18.2 Å². The smallest absolute Gasteiger partial charge is 0.144 e. The molecule has 4 nitrogen and oxygen atoms in total. The third-order valence-electron chi connectivity index (χ3n) is 2.37. The molecule has 78 valence electrons. The summed E-state index contributed by atoms with van der Waals surface area (Å²) in [5.41, 5.74) is 6.64. The summed E-state index contributed by atoms with van der Waals surface area (Å²) in [6, 6.07) is 7.23. The molecule has 0 saturated carbocycles. The molecule has 1 unspecified atom stereocenters. The zero-order chi connectivity index (χ0) is 10.7. The molecule has 1 heterocycles. The minimum absolute atomic E-state index is 0.0567. The number of nitrogens with two attached hydrogens (primary N) is 1. The van der Waals surface area contributed by atoms with Crippen LogP contribution < -0.4 is 10.5 Å². The fraction of sp³-hybridized carbons (Fsp3) is 0.364. The van der Waals surface area contributed by atoms with E-state index in [-0.39, 0.29) is 6.10 Å². The lowest BCUT2D eigenvalue weighted by Gasteiger charge is -2.13. The molecule has 0 spiro atoms. The Labute approximate surface area is 88.2 Å². The van der Waals surface area contributed by atoms with Crippen LogP contribution in [0.2, 0.25) is 0 Å². The first-order valence-electron chi connectivity index (χ1n) is 4.84. The fourth-order valence-corrected chi connectivity index (χ4v) is 1.53. The predicted molar refractivity (Wildman–Crippen MR) is 55.4 cm³/mol. The van der Waals surface area contributed by atoms with Crippen molar-refractivity contribution in [1.82, 2.24) is 0 Å². The molecule has 1 aliphatic heterocycles. The van der Waals surface area contributed by atoms with Gasteiger partial charge in [0, 0.05) is 6.42 Å². The highest BCUT2D eigenvalue weighted by atomic mass is 16.5. The lowest BCUT2D eigenvalue weighted by atomic mass is 10.2. The summed E-state index contributed by atoms with van der Waals surface area (Å²) in [5.74, 6) is 0.574. The fourth-order valence-electron chi connectivity index (χ4n) is 1.53. The highest BCUT2D eigenvalue weighted by Crippen LogP contribution is 2.26. The first kappa shape index (κ1) is 9.81. The Morgan fingerprint density at radius 2 is 2.40 bits per heavy atom. The van der Waals surface area contributed by atoms with E-state index >= 15 is 0 Å². The van der Waals surface area contributed by atoms with Crippen molar-refractivity contribution in [3.8, 4) is 11.8 Å². The molecule has 1 fully saturated rings. The van der Waals surface area contributed by atoms with Gasteiger partial charge in [0.1, 0.15) is 17.9 Å². The molecule has 0 aliphatic carbocycles. The summed E-state index contributed by atoms with van der Waals surface area (Å²) < 4.78 is 10.8. The van der Waals surface area contributed by atoms with E-state index in [9.17, 15) is 0 Å². The van der Waals surface area contributed by atoms with Gasteiger partial charge in [0.2, 0.25) is 0 Å². The van der Waals surface area contributed by atoms with Crippen LogP contribution in [-0.2, 0) is 4.74 Å². The quantitative estimate of drug-likeness (QED) is 0.737. The Bertz CT molecular complexity index is 392. The molecule has 1 atom stereocenters. The molecule has 0 bridgehead atoms. The summed E-state index contributed by atoms with van der Waals surface area (Å²) in [4.78, 5) is 0. The van der Waals surface area contributed by atoms with Crippen molar-refractivity contribution >= 4 is 5.69 Å². The maximum Gasteiger partial charge on any atom is 0.144 e. The van der Waals surface area contributed by atoms with Crippen LogP contribution in [0.5, 0.6) is 5.75 Å². The maximum atomic E-state index is 8.79. The van der Waals surface area contributed by atoms with Gasteiger partial charge in [-0.3, -0.25) is 0 Å². The third kappa shape index (κ3) is 2.03. The number of para-hydroxylation sites is 1. The lowest BCUT2D eigenvalue weighted by molar-refractivity contribution is 0.142. The van der Waals surface area contributed by atoms with Crippen LogP contribution in [0, 0.1) is 11.3 Å². The van der Waals surface area contributed by atoms with Crippen LogP contribution in [-0.4, -0.2) is 19.3 Å². The van der Waals surface area contributed by atoms with Gasteiger partial charge in [-0.05, 0) is 12.1 Å². The zero-order valence-electron chi connectivity index (χ0n) is 8.27. The van der Waals surface area contributed by atoms with Gasteiger partial charge in [0.05, 0.1) is 24.5 Å². The van der Waals surface area contributed by atoms with Crippen LogP contribution in [0.15, 0.2) is 18.2 Å². The summed E-state index contributed by atoms with van der Waals surface area (Å²) in [7, 11) is 0.